The molecule has 2 aliphatic rings. The van der Waals surface area contributed by atoms with Crippen molar-refractivity contribution in [2.24, 2.45) is 5.10 Å². The van der Waals surface area contributed by atoms with Gasteiger partial charge in [-0.3, -0.25) is 24.3 Å². The van der Waals surface area contributed by atoms with Crippen molar-refractivity contribution in [2.75, 3.05) is 13.6 Å². The van der Waals surface area contributed by atoms with Crippen LogP contribution < -0.4 is 5.32 Å². The van der Waals surface area contributed by atoms with Crippen molar-refractivity contribution in [1.29, 1.82) is 0 Å². The fourth-order valence-electron chi connectivity index (χ4n) is 4.35. The standard InChI is InChI=1S/C25H21ClFN5O3S/c1-31-21(19(26)11-28-31)23-30-20(13-36-23)22(33)29-16(10-14-5-4-6-15(27)9-14)12-32-24(34)17-7-2-3-8-18(17)25(32)35/h2-9,11,13,16,19,21H,10,12H2,1H3,(H,29,33). The second-order valence-corrected chi connectivity index (χ2v) is 9.96. The molecular weight excluding hydrogens is 505 g/mol. The van der Waals surface area contributed by atoms with Crippen LogP contribution in [0.25, 0.3) is 0 Å². The first-order valence-electron chi connectivity index (χ1n) is 11.2. The molecule has 0 saturated carbocycles. The largest absolute Gasteiger partial charge is 0.346 e. The van der Waals surface area contributed by atoms with Crippen molar-refractivity contribution in [3.8, 4) is 0 Å². The van der Waals surface area contributed by atoms with Crippen molar-refractivity contribution >= 4 is 46.9 Å². The summed E-state index contributed by atoms with van der Waals surface area (Å²) in [5.41, 5.74) is 1.44. The molecule has 3 atom stereocenters. The summed E-state index contributed by atoms with van der Waals surface area (Å²) in [6, 6.07) is 11.6. The minimum atomic E-state index is -0.676. The lowest BCUT2D eigenvalue weighted by atomic mass is 10.0. The fraction of sp³-hybridized carbons (Fsp3) is 0.240. The van der Waals surface area contributed by atoms with Gasteiger partial charge in [0.1, 0.15) is 22.6 Å². The minimum absolute atomic E-state index is 0.0749. The number of alkyl halides is 1. The molecule has 0 aliphatic carbocycles. The van der Waals surface area contributed by atoms with E-state index in [-0.39, 0.29) is 30.1 Å². The lowest BCUT2D eigenvalue weighted by molar-refractivity contribution is 0.0628. The number of imide groups is 1. The van der Waals surface area contributed by atoms with Gasteiger partial charge in [0.15, 0.2) is 0 Å². The molecule has 3 heterocycles. The molecule has 3 aromatic rings. The molecule has 11 heteroatoms. The first-order valence-corrected chi connectivity index (χ1v) is 12.5. The second-order valence-electron chi connectivity index (χ2n) is 8.57. The third-order valence-electron chi connectivity index (χ3n) is 6.09. The number of hydrogen-bond donors (Lipinski definition) is 1. The number of hydrogen-bond acceptors (Lipinski definition) is 7. The normalized spacial score (nSPS) is 19.6. The highest BCUT2D eigenvalue weighted by molar-refractivity contribution is 7.10. The number of thiazole rings is 1. The van der Waals surface area contributed by atoms with Crippen molar-refractivity contribution in [2.45, 2.75) is 23.9 Å². The van der Waals surface area contributed by atoms with Gasteiger partial charge in [-0.1, -0.05) is 24.3 Å². The molecule has 3 amide bonds. The number of nitrogens with zero attached hydrogens (tertiary/aromatic N) is 4. The van der Waals surface area contributed by atoms with Crippen LogP contribution in [0.4, 0.5) is 4.39 Å². The zero-order valence-corrected chi connectivity index (χ0v) is 20.7. The van der Waals surface area contributed by atoms with Gasteiger partial charge in [0.2, 0.25) is 0 Å². The van der Waals surface area contributed by atoms with Crippen LogP contribution in [0.15, 0.2) is 59.0 Å². The third-order valence-corrected chi connectivity index (χ3v) is 7.36. The van der Waals surface area contributed by atoms with E-state index in [1.165, 1.54) is 23.5 Å². The number of nitrogens with one attached hydrogen (secondary N) is 1. The van der Waals surface area contributed by atoms with Crippen LogP contribution in [0.3, 0.4) is 0 Å². The van der Waals surface area contributed by atoms with Gasteiger partial charge >= 0.3 is 0 Å². The van der Waals surface area contributed by atoms with E-state index in [1.54, 1.807) is 60.0 Å². The molecule has 184 valence electrons. The van der Waals surface area contributed by atoms with Gasteiger partial charge in [0, 0.05) is 25.2 Å². The number of hydrazone groups is 1. The number of carbonyl (C=O) groups is 3. The molecule has 0 saturated heterocycles. The average molecular weight is 526 g/mol. The van der Waals surface area contributed by atoms with E-state index in [0.29, 0.717) is 21.7 Å². The third kappa shape index (κ3) is 4.61. The SMILES string of the molecule is CN1N=CC(Cl)C1c1nc(C(=O)NC(Cc2cccc(F)c2)CN2C(=O)c3ccccc3C2=O)cs1. The first-order chi connectivity index (χ1) is 17.3. The summed E-state index contributed by atoms with van der Waals surface area (Å²) >= 11 is 7.61. The maximum Gasteiger partial charge on any atom is 0.271 e. The van der Waals surface area contributed by atoms with E-state index in [9.17, 15) is 18.8 Å². The number of benzene rings is 2. The molecule has 3 unspecified atom stereocenters. The van der Waals surface area contributed by atoms with Gasteiger partial charge in [0.05, 0.1) is 22.5 Å². The van der Waals surface area contributed by atoms with Gasteiger partial charge in [-0.25, -0.2) is 9.37 Å². The molecule has 0 bridgehead atoms. The molecule has 8 nitrogen and oxygen atoms in total. The summed E-state index contributed by atoms with van der Waals surface area (Å²) in [6.45, 7) is -0.0749. The Hall–Kier alpha value is -3.63. The molecule has 1 N–H and O–H groups in total. The predicted octanol–water partition coefficient (Wildman–Crippen LogP) is 3.50. The summed E-state index contributed by atoms with van der Waals surface area (Å²) < 4.78 is 13.8. The van der Waals surface area contributed by atoms with Crippen LogP contribution in [0, 0.1) is 5.82 Å². The molecule has 2 aliphatic heterocycles. The van der Waals surface area contributed by atoms with E-state index in [2.05, 4.69) is 15.4 Å². The Morgan fingerprint density at radius 3 is 2.53 bits per heavy atom. The van der Waals surface area contributed by atoms with Gasteiger partial charge in [0.25, 0.3) is 17.7 Å². The van der Waals surface area contributed by atoms with Crippen LogP contribution in [0.1, 0.15) is 47.8 Å². The molecule has 0 spiro atoms. The number of rotatable bonds is 7. The van der Waals surface area contributed by atoms with E-state index < -0.39 is 29.6 Å². The van der Waals surface area contributed by atoms with E-state index >= 15 is 0 Å². The number of halogens is 2. The van der Waals surface area contributed by atoms with Crippen molar-refractivity contribution < 1.29 is 18.8 Å². The topological polar surface area (TPSA) is 95.0 Å². The lowest BCUT2D eigenvalue weighted by Gasteiger charge is -2.24. The Labute approximate surface area is 215 Å². The van der Waals surface area contributed by atoms with Gasteiger partial charge in [-0.2, -0.15) is 5.10 Å². The molecular formula is C25H21ClFN5O3S. The monoisotopic (exact) mass is 525 g/mol. The van der Waals surface area contributed by atoms with Gasteiger partial charge < -0.3 is 5.32 Å². The Morgan fingerprint density at radius 1 is 1.17 bits per heavy atom. The summed E-state index contributed by atoms with van der Waals surface area (Å²) in [7, 11) is 1.78. The number of amides is 3. The highest BCUT2D eigenvalue weighted by atomic mass is 35.5. The van der Waals surface area contributed by atoms with Crippen LogP contribution in [-0.4, -0.2) is 63.8 Å². The molecule has 0 radical (unpaired) electrons. The smallest absolute Gasteiger partial charge is 0.271 e. The van der Waals surface area contributed by atoms with Crippen molar-refractivity contribution in [1.82, 2.24) is 20.2 Å². The fourth-order valence-corrected chi connectivity index (χ4v) is 5.74. The first kappa shape index (κ1) is 24.1. The molecule has 5 rings (SSSR count). The van der Waals surface area contributed by atoms with E-state index in [1.807, 2.05) is 0 Å². The number of aromatic nitrogens is 1. The maximum absolute atomic E-state index is 13.8. The number of carbonyl (C=O) groups excluding carboxylic acids is 3. The van der Waals surface area contributed by atoms with Crippen LogP contribution in [0.2, 0.25) is 0 Å². The zero-order chi connectivity index (χ0) is 25.4. The van der Waals surface area contributed by atoms with E-state index in [0.717, 1.165) is 4.90 Å². The lowest BCUT2D eigenvalue weighted by Crippen LogP contribution is -2.47. The highest BCUT2D eigenvalue weighted by Gasteiger charge is 2.37. The maximum atomic E-state index is 13.8. The van der Waals surface area contributed by atoms with Gasteiger partial charge in [-0.05, 0) is 36.2 Å². The molecule has 2 aromatic carbocycles. The average Bonchev–Trinajstić information content (AvgIpc) is 3.53. The Morgan fingerprint density at radius 2 is 1.89 bits per heavy atom. The Bertz CT molecular complexity index is 1330. The Kier molecular flexibility index (Phi) is 6.55. The van der Waals surface area contributed by atoms with E-state index in [4.69, 9.17) is 11.6 Å². The van der Waals surface area contributed by atoms with Crippen LogP contribution >= 0.6 is 22.9 Å². The molecule has 1 aromatic heterocycles. The van der Waals surface area contributed by atoms with Crippen LogP contribution in [-0.2, 0) is 6.42 Å². The summed E-state index contributed by atoms with van der Waals surface area (Å²) in [5.74, 6) is -1.74. The molecule has 0 fully saturated rings. The summed E-state index contributed by atoms with van der Waals surface area (Å²) in [6.07, 6.45) is 1.82. The van der Waals surface area contributed by atoms with Crippen molar-refractivity contribution in [3.05, 3.63) is 87.1 Å². The summed E-state index contributed by atoms with van der Waals surface area (Å²) in [4.78, 5) is 44.5. The van der Waals surface area contributed by atoms with Crippen LogP contribution in [0.5, 0.6) is 0 Å². The zero-order valence-electron chi connectivity index (χ0n) is 19.1. The van der Waals surface area contributed by atoms with Gasteiger partial charge in [-0.15, -0.1) is 22.9 Å². The number of fused-ring (bicyclic) bond motifs is 1. The summed E-state index contributed by atoms with van der Waals surface area (Å²) in [5, 5.41) is 10.6. The second kappa shape index (κ2) is 9.79. The quantitative estimate of drug-likeness (QED) is 0.376. The Balaban J connectivity index is 1.36. The molecule has 36 heavy (non-hydrogen) atoms. The predicted molar refractivity (Wildman–Crippen MR) is 134 cm³/mol. The minimum Gasteiger partial charge on any atom is -0.346 e. The highest BCUT2D eigenvalue weighted by Crippen LogP contribution is 2.32. The van der Waals surface area contributed by atoms with Crippen molar-refractivity contribution in [3.63, 3.8) is 0 Å².